The smallest absolute Gasteiger partial charge is 0.229 e. The minimum atomic E-state index is -0.213. The van der Waals surface area contributed by atoms with Crippen LogP contribution in [0.3, 0.4) is 0 Å². The molecule has 0 aliphatic heterocycles. The Morgan fingerprint density at radius 2 is 2.10 bits per heavy atom. The van der Waals surface area contributed by atoms with Crippen molar-refractivity contribution < 1.29 is 4.79 Å². The van der Waals surface area contributed by atoms with Gasteiger partial charge in [-0.1, -0.05) is 37.3 Å². The fraction of sp³-hybridized carbons (Fsp3) is 0.333. The third-order valence-corrected chi connectivity index (χ3v) is 3.13. The van der Waals surface area contributed by atoms with E-state index >= 15 is 0 Å². The Balaban J connectivity index is 2.16. The lowest BCUT2D eigenvalue weighted by molar-refractivity contribution is -0.119. The summed E-state index contributed by atoms with van der Waals surface area (Å²) < 4.78 is 1.80. The molecule has 5 heteroatoms. The Kier molecular flexibility index (Phi) is 4.53. The van der Waals surface area contributed by atoms with Gasteiger partial charge in [0.05, 0.1) is 12.2 Å². The van der Waals surface area contributed by atoms with Crippen molar-refractivity contribution in [3.8, 4) is 0 Å². The van der Waals surface area contributed by atoms with Crippen molar-refractivity contribution in [2.75, 3.05) is 11.9 Å². The Hall–Kier alpha value is -2.14. The maximum atomic E-state index is 11.9. The van der Waals surface area contributed by atoms with Gasteiger partial charge in [-0.05, 0) is 12.5 Å². The first-order chi connectivity index (χ1) is 9.60. The molecule has 5 nitrogen and oxygen atoms in total. The van der Waals surface area contributed by atoms with Crippen molar-refractivity contribution in [3.05, 3.63) is 47.7 Å². The van der Waals surface area contributed by atoms with E-state index in [1.165, 1.54) is 0 Å². The SMILES string of the molecule is Cc1cc(NC(=O)C(C)CN)n(Cc2ccccc2)n1. The fourth-order valence-corrected chi connectivity index (χ4v) is 1.88. The molecular formula is C15H20N4O. The summed E-state index contributed by atoms with van der Waals surface area (Å²) in [5.74, 6) is 0.411. The maximum Gasteiger partial charge on any atom is 0.229 e. The van der Waals surface area contributed by atoms with Crippen LogP contribution in [-0.4, -0.2) is 22.2 Å². The van der Waals surface area contributed by atoms with Gasteiger partial charge in [0.1, 0.15) is 5.82 Å². The third kappa shape index (κ3) is 3.45. The zero-order chi connectivity index (χ0) is 14.5. The highest BCUT2D eigenvalue weighted by molar-refractivity contribution is 5.91. The molecule has 0 saturated carbocycles. The van der Waals surface area contributed by atoms with Gasteiger partial charge in [-0.3, -0.25) is 4.79 Å². The summed E-state index contributed by atoms with van der Waals surface area (Å²) in [4.78, 5) is 11.9. The molecule has 1 atom stereocenters. The third-order valence-electron chi connectivity index (χ3n) is 3.13. The minimum Gasteiger partial charge on any atom is -0.330 e. The number of carbonyl (C=O) groups excluding carboxylic acids is 1. The number of nitrogens with two attached hydrogens (primary N) is 1. The molecule has 3 N–H and O–H groups in total. The molecule has 0 aliphatic carbocycles. The molecule has 0 fully saturated rings. The number of anilines is 1. The van der Waals surface area contributed by atoms with Crippen molar-refractivity contribution in [2.24, 2.45) is 11.7 Å². The Morgan fingerprint density at radius 3 is 2.75 bits per heavy atom. The highest BCUT2D eigenvalue weighted by atomic mass is 16.2. The summed E-state index contributed by atoms with van der Waals surface area (Å²) in [6.45, 7) is 4.67. The van der Waals surface area contributed by atoms with Gasteiger partial charge in [-0.2, -0.15) is 5.10 Å². The van der Waals surface area contributed by atoms with Crippen LogP contribution in [0.5, 0.6) is 0 Å². The first-order valence-electron chi connectivity index (χ1n) is 6.69. The number of aromatic nitrogens is 2. The van der Waals surface area contributed by atoms with Crippen LogP contribution >= 0.6 is 0 Å². The number of aryl methyl sites for hydroxylation is 1. The van der Waals surface area contributed by atoms with Gasteiger partial charge in [0, 0.05) is 18.5 Å². The van der Waals surface area contributed by atoms with Gasteiger partial charge in [0.25, 0.3) is 0 Å². The van der Waals surface area contributed by atoms with Crippen molar-refractivity contribution >= 4 is 11.7 Å². The standard InChI is InChI=1S/C15H20N4O/c1-11(9-16)15(20)17-14-8-12(2)18-19(14)10-13-6-4-3-5-7-13/h3-8,11H,9-10,16H2,1-2H3,(H,17,20). The highest BCUT2D eigenvalue weighted by Crippen LogP contribution is 2.14. The summed E-state index contributed by atoms with van der Waals surface area (Å²) in [5, 5.41) is 7.30. The minimum absolute atomic E-state index is 0.0817. The van der Waals surface area contributed by atoms with Crippen molar-refractivity contribution in [3.63, 3.8) is 0 Å². The van der Waals surface area contributed by atoms with Crippen LogP contribution in [0.4, 0.5) is 5.82 Å². The van der Waals surface area contributed by atoms with E-state index in [1.807, 2.05) is 43.3 Å². The molecule has 1 amide bonds. The molecule has 2 rings (SSSR count). The molecule has 106 valence electrons. The monoisotopic (exact) mass is 272 g/mol. The van der Waals surface area contributed by atoms with E-state index in [0.717, 1.165) is 11.3 Å². The summed E-state index contributed by atoms with van der Waals surface area (Å²) in [5.41, 5.74) is 7.52. The second-order valence-electron chi connectivity index (χ2n) is 4.94. The lowest BCUT2D eigenvalue weighted by atomic mass is 10.2. The van der Waals surface area contributed by atoms with Crippen LogP contribution in [0.2, 0.25) is 0 Å². The largest absolute Gasteiger partial charge is 0.330 e. The van der Waals surface area contributed by atoms with Crippen molar-refractivity contribution in [1.29, 1.82) is 0 Å². The van der Waals surface area contributed by atoms with E-state index in [9.17, 15) is 4.79 Å². The van der Waals surface area contributed by atoms with E-state index in [2.05, 4.69) is 10.4 Å². The molecule has 1 unspecified atom stereocenters. The molecule has 1 aromatic carbocycles. The maximum absolute atomic E-state index is 11.9. The lowest BCUT2D eigenvalue weighted by Crippen LogP contribution is -2.27. The zero-order valence-electron chi connectivity index (χ0n) is 11.8. The number of hydrogen-bond donors (Lipinski definition) is 2. The topological polar surface area (TPSA) is 72.9 Å². The van der Waals surface area contributed by atoms with Crippen LogP contribution in [0.15, 0.2) is 36.4 Å². The van der Waals surface area contributed by atoms with Crippen LogP contribution in [0, 0.1) is 12.8 Å². The highest BCUT2D eigenvalue weighted by Gasteiger charge is 2.14. The zero-order valence-corrected chi connectivity index (χ0v) is 11.8. The molecular weight excluding hydrogens is 252 g/mol. The second kappa shape index (κ2) is 6.34. The van der Waals surface area contributed by atoms with Crippen LogP contribution < -0.4 is 11.1 Å². The molecule has 0 radical (unpaired) electrons. The quantitative estimate of drug-likeness (QED) is 0.871. The molecule has 1 heterocycles. The molecule has 20 heavy (non-hydrogen) atoms. The number of nitrogens with one attached hydrogen (secondary N) is 1. The molecule has 0 aliphatic rings. The van der Waals surface area contributed by atoms with Gasteiger partial charge in [0.2, 0.25) is 5.91 Å². The number of carbonyl (C=O) groups is 1. The normalized spacial score (nSPS) is 12.2. The van der Waals surface area contributed by atoms with Gasteiger partial charge >= 0.3 is 0 Å². The Bertz CT molecular complexity index is 577. The first-order valence-corrected chi connectivity index (χ1v) is 6.69. The average Bonchev–Trinajstić information content (AvgIpc) is 2.78. The van der Waals surface area contributed by atoms with Gasteiger partial charge in [-0.15, -0.1) is 0 Å². The lowest BCUT2D eigenvalue weighted by Gasteiger charge is -2.12. The van der Waals surface area contributed by atoms with Crippen LogP contribution in [0.1, 0.15) is 18.2 Å². The molecule has 0 saturated heterocycles. The van der Waals surface area contributed by atoms with Gasteiger partial charge < -0.3 is 11.1 Å². The number of nitrogens with zero attached hydrogens (tertiary/aromatic N) is 2. The fourth-order valence-electron chi connectivity index (χ4n) is 1.88. The van der Waals surface area contributed by atoms with Gasteiger partial charge in [0.15, 0.2) is 0 Å². The summed E-state index contributed by atoms with van der Waals surface area (Å²) in [6.07, 6.45) is 0. The summed E-state index contributed by atoms with van der Waals surface area (Å²) >= 11 is 0. The summed E-state index contributed by atoms with van der Waals surface area (Å²) in [7, 11) is 0. The van der Waals surface area contributed by atoms with E-state index in [1.54, 1.807) is 11.6 Å². The van der Waals surface area contributed by atoms with E-state index < -0.39 is 0 Å². The summed E-state index contributed by atoms with van der Waals surface area (Å²) in [6, 6.07) is 11.9. The molecule has 0 spiro atoms. The predicted molar refractivity (Wildman–Crippen MR) is 79.4 cm³/mol. The average molecular weight is 272 g/mol. The second-order valence-corrected chi connectivity index (χ2v) is 4.94. The number of amides is 1. The Morgan fingerprint density at radius 1 is 1.40 bits per heavy atom. The van der Waals surface area contributed by atoms with E-state index in [0.29, 0.717) is 18.9 Å². The number of benzene rings is 1. The Labute approximate surface area is 118 Å². The van der Waals surface area contributed by atoms with Crippen LogP contribution in [-0.2, 0) is 11.3 Å². The van der Waals surface area contributed by atoms with E-state index in [-0.39, 0.29) is 11.8 Å². The van der Waals surface area contributed by atoms with Gasteiger partial charge in [-0.25, -0.2) is 4.68 Å². The van der Waals surface area contributed by atoms with Crippen LogP contribution in [0.25, 0.3) is 0 Å². The molecule has 1 aromatic heterocycles. The first kappa shape index (κ1) is 14.3. The number of rotatable bonds is 5. The number of hydrogen-bond acceptors (Lipinski definition) is 3. The molecule has 2 aromatic rings. The molecule has 0 bridgehead atoms. The van der Waals surface area contributed by atoms with Crippen molar-refractivity contribution in [2.45, 2.75) is 20.4 Å². The van der Waals surface area contributed by atoms with Crippen molar-refractivity contribution in [1.82, 2.24) is 9.78 Å². The van der Waals surface area contributed by atoms with E-state index in [4.69, 9.17) is 5.73 Å². The predicted octanol–water partition coefficient (Wildman–Crippen LogP) is 1.77.